The first kappa shape index (κ1) is 11.5. The summed E-state index contributed by atoms with van der Waals surface area (Å²) in [4.78, 5) is 22.0. The Morgan fingerprint density at radius 2 is 2.07 bits per heavy atom. The normalized spacial score (nSPS) is 10.1. The average Bonchev–Trinajstić information content (AvgIpc) is 2.50. The summed E-state index contributed by atoms with van der Waals surface area (Å²) < 4.78 is 0. The van der Waals surface area contributed by atoms with Gasteiger partial charge in [0.1, 0.15) is 4.88 Å². The summed E-state index contributed by atoms with van der Waals surface area (Å²) in [5.41, 5.74) is 0. The molecule has 0 bridgehead atoms. The van der Waals surface area contributed by atoms with Gasteiger partial charge < -0.3 is 10.4 Å². The fraction of sp³-hybridized carbons (Fsp3) is 0.333. The Labute approximate surface area is 91.1 Å². The molecule has 2 amide bonds. The lowest BCUT2D eigenvalue weighted by Crippen LogP contribution is -2.33. The number of carboxylic acid groups (broad SMARTS) is 1. The highest BCUT2D eigenvalue weighted by Crippen LogP contribution is 2.21. The van der Waals surface area contributed by atoms with Crippen molar-refractivity contribution in [2.45, 2.75) is 19.9 Å². The number of urea groups is 1. The van der Waals surface area contributed by atoms with Gasteiger partial charge in [-0.15, -0.1) is 11.3 Å². The lowest BCUT2D eigenvalue weighted by molar-refractivity contribution is 0.0702. The molecule has 3 N–H and O–H groups in total. The molecule has 0 aliphatic heterocycles. The zero-order chi connectivity index (χ0) is 11.4. The van der Waals surface area contributed by atoms with E-state index in [-0.39, 0.29) is 17.0 Å². The van der Waals surface area contributed by atoms with Gasteiger partial charge in [-0.05, 0) is 26.0 Å². The number of rotatable bonds is 3. The molecule has 1 aromatic heterocycles. The van der Waals surface area contributed by atoms with Crippen molar-refractivity contribution in [3.05, 3.63) is 17.0 Å². The van der Waals surface area contributed by atoms with Crippen molar-refractivity contribution >= 4 is 28.3 Å². The minimum atomic E-state index is -0.989. The predicted octanol–water partition coefficient (Wildman–Crippen LogP) is 1.98. The second kappa shape index (κ2) is 4.79. The standard InChI is InChI=1S/C9H12N2O3S/c1-5(2)10-9(14)11-7-4-3-6(15-7)8(12)13/h3-5H,1-2H3,(H,12,13)(H2,10,11,14). The third kappa shape index (κ3) is 3.59. The Morgan fingerprint density at radius 3 is 2.53 bits per heavy atom. The molecule has 0 aromatic carbocycles. The second-order valence-electron chi connectivity index (χ2n) is 3.22. The van der Waals surface area contributed by atoms with Gasteiger partial charge in [-0.2, -0.15) is 0 Å². The maximum Gasteiger partial charge on any atom is 0.345 e. The van der Waals surface area contributed by atoms with Crippen molar-refractivity contribution in [3.63, 3.8) is 0 Å². The van der Waals surface area contributed by atoms with Gasteiger partial charge >= 0.3 is 12.0 Å². The number of carboxylic acids is 1. The van der Waals surface area contributed by atoms with Gasteiger partial charge in [-0.1, -0.05) is 0 Å². The minimum Gasteiger partial charge on any atom is -0.477 e. The third-order valence-corrected chi connectivity index (χ3v) is 2.46. The van der Waals surface area contributed by atoms with Crippen LogP contribution in [0.4, 0.5) is 9.80 Å². The van der Waals surface area contributed by atoms with E-state index in [1.807, 2.05) is 13.8 Å². The van der Waals surface area contributed by atoms with E-state index in [9.17, 15) is 9.59 Å². The van der Waals surface area contributed by atoms with E-state index < -0.39 is 5.97 Å². The molecule has 0 spiro atoms. The van der Waals surface area contributed by atoms with Gasteiger partial charge in [0, 0.05) is 6.04 Å². The molecule has 0 aliphatic carbocycles. The molecule has 1 aromatic rings. The van der Waals surface area contributed by atoms with Crippen LogP contribution >= 0.6 is 11.3 Å². The maximum atomic E-state index is 11.2. The van der Waals surface area contributed by atoms with Crippen LogP contribution in [0.1, 0.15) is 23.5 Å². The SMILES string of the molecule is CC(C)NC(=O)Nc1ccc(C(=O)O)s1. The van der Waals surface area contributed by atoms with E-state index >= 15 is 0 Å². The van der Waals surface area contributed by atoms with Crippen molar-refractivity contribution in [3.8, 4) is 0 Å². The molecule has 0 fully saturated rings. The molecule has 6 heteroatoms. The molecule has 0 atom stereocenters. The number of nitrogens with one attached hydrogen (secondary N) is 2. The topological polar surface area (TPSA) is 78.4 Å². The smallest absolute Gasteiger partial charge is 0.345 e. The van der Waals surface area contributed by atoms with E-state index in [1.165, 1.54) is 6.07 Å². The van der Waals surface area contributed by atoms with E-state index in [0.29, 0.717) is 5.00 Å². The third-order valence-electron chi connectivity index (χ3n) is 1.47. The summed E-state index contributed by atoms with van der Waals surface area (Å²) in [6.45, 7) is 3.69. The maximum absolute atomic E-state index is 11.2. The molecule has 0 radical (unpaired) electrons. The van der Waals surface area contributed by atoms with Crippen molar-refractivity contribution < 1.29 is 14.7 Å². The predicted molar refractivity (Wildman–Crippen MR) is 58.6 cm³/mol. The van der Waals surface area contributed by atoms with E-state index in [4.69, 9.17) is 5.11 Å². The number of thiophene rings is 1. The van der Waals surface area contributed by atoms with Crippen LogP contribution in [0, 0.1) is 0 Å². The first-order chi connectivity index (χ1) is 6.99. The van der Waals surface area contributed by atoms with Crippen LogP contribution in [0.3, 0.4) is 0 Å². The largest absolute Gasteiger partial charge is 0.477 e. The number of hydrogen-bond acceptors (Lipinski definition) is 3. The number of carbonyl (C=O) groups is 2. The quantitative estimate of drug-likeness (QED) is 0.740. The Balaban J connectivity index is 2.57. The fourth-order valence-electron chi connectivity index (χ4n) is 0.930. The molecule has 1 rings (SSSR count). The van der Waals surface area contributed by atoms with Gasteiger partial charge in [0.2, 0.25) is 0 Å². The first-order valence-electron chi connectivity index (χ1n) is 4.39. The van der Waals surface area contributed by atoms with Crippen molar-refractivity contribution in [2.24, 2.45) is 0 Å². The van der Waals surface area contributed by atoms with Crippen molar-refractivity contribution in [2.75, 3.05) is 5.32 Å². The molecule has 82 valence electrons. The summed E-state index contributed by atoms with van der Waals surface area (Å²) in [6, 6.07) is 2.74. The number of anilines is 1. The monoisotopic (exact) mass is 228 g/mol. The Morgan fingerprint density at radius 1 is 1.40 bits per heavy atom. The lowest BCUT2D eigenvalue weighted by Gasteiger charge is -2.07. The number of carbonyl (C=O) groups excluding carboxylic acids is 1. The number of hydrogen-bond donors (Lipinski definition) is 3. The highest BCUT2D eigenvalue weighted by atomic mass is 32.1. The molecule has 0 saturated heterocycles. The molecule has 0 saturated carbocycles. The van der Waals surface area contributed by atoms with Crippen LogP contribution in [0.15, 0.2) is 12.1 Å². The number of aromatic carboxylic acids is 1. The number of amides is 2. The Kier molecular flexibility index (Phi) is 3.68. The van der Waals surface area contributed by atoms with Crippen LogP contribution in [0.2, 0.25) is 0 Å². The lowest BCUT2D eigenvalue weighted by atomic mass is 10.4. The van der Waals surface area contributed by atoms with E-state index in [1.54, 1.807) is 6.07 Å². The van der Waals surface area contributed by atoms with Crippen LogP contribution in [0.25, 0.3) is 0 Å². The Bertz CT molecular complexity index is 373. The molecule has 0 aliphatic rings. The zero-order valence-electron chi connectivity index (χ0n) is 8.40. The average molecular weight is 228 g/mol. The fourth-order valence-corrected chi connectivity index (χ4v) is 1.67. The summed E-state index contributed by atoms with van der Waals surface area (Å²) in [5.74, 6) is -0.989. The van der Waals surface area contributed by atoms with Gasteiger partial charge in [0.25, 0.3) is 0 Å². The van der Waals surface area contributed by atoms with E-state index in [2.05, 4.69) is 10.6 Å². The highest BCUT2D eigenvalue weighted by Gasteiger charge is 2.09. The minimum absolute atomic E-state index is 0.0453. The van der Waals surface area contributed by atoms with Crippen LogP contribution in [0.5, 0.6) is 0 Å². The van der Waals surface area contributed by atoms with Crippen molar-refractivity contribution in [1.82, 2.24) is 5.32 Å². The van der Waals surface area contributed by atoms with Gasteiger partial charge in [-0.3, -0.25) is 5.32 Å². The van der Waals surface area contributed by atoms with Crippen LogP contribution < -0.4 is 10.6 Å². The van der Waals surface area contributed by atoms with Gasteiger partial charge in [-0.25, -0.2) is 9.59 Å². The van der Waals surface area contributed by atoms with Crippen LogP contribution in [-0.2, 0) is 0 Å². The summed E-state index contributed by atoms with van der Waals surface area (Å²) >= 11 is 1.02. The summed E-state index contributed by atoms with van der Waals surface area (Å²) in [5, 5.41) is 14.4. The second-order valence-corrected chi connectivity index (χ2v) is 4.31. The highest BCUT2D eigenvalue weighted by molar-refractivity contribution is 7.18. The molecule has 15 heavy (non-hydrogen) atoms. The van der Waals surface area contributed by atoms with Crippen molar-refractivity contribution in [1.29, 1.82) is 0 Å². The van der Waals surface area contributed by atoms with Crippen LogP contribution in [-0.4, -0.2) is 23.1 Å². The molecule has 1 heterocycles. The molecular weight excluding hydrogens is 216 g/mol. The summed E-state index contributed by atoms with van der Waals surface area (Å²) in [7, 11) is 0. The van der Waals surface area contributed by atoms with Gasteiger partial charge in [0.15, 0.2) is 0 Å². The first-order valence-corrected chi connectivity index (χ1v) is 5.21. The molecular formula is C9H12N2O3S. The molecule has 5 nitrogen and oxygen atoms in total. The van der Waals surface area contributed by atoms with Gasteiger partial charge in [0.05, 0.1) is 5.00 Å². The Hall–Kier alpha value is -1.56. The van der Waals surface area contributed by atoms with E-state index in [0.717, 1.165) is 11.3 Å². The molecule has 0 unspecified atom stereocenters. The summed E-state index contributed by atoms with van der Waals surface area (Å²) in [6.07, 6.45) is 0. The zero-order valence-corrected chi connectivity index (χ0v) is 9.22.